The number of hydrogen-bond donors (Lipinski definition) is 3. The Morgan fingerprint density at radius 3 is 2.45 bits per heavy atom. The van der Waals surface area contributed by atoms with E-state index < -0.39 is 0 Å². The molecular weight excluding hydrogens is 304 g/mol. The van der Waals surface area contributed by atoms with Crippen molar-refractivity contribution in [3.8, 4) is 11.5 Å². The third-order valence-corrected chi connectivity index (χ3v) is 3.19. The van der Waals surface area contributed by atoms with Crippen molar-refractivity contribution in [3.63, 3.8) is 0 Å². The Morgan fingerprint density at radius 2 is 1.82 bits per heavy atom. The van der Waals surface area contributed by atoms with Gasteiger partial charge in [0, 0.05) is 26.2 Å². The number of aliphatic hydroxyl groups is 1. The first kappa shape index (κ1) is 19.0. The molecule has 1 atom stereocenters. The molecule has 126 valence electrons. The van der Waals surface area contributed by atoms with Crippen LogP contribution in [0, 0.1) is 0 Å². The van der Waals surface area contributed by atoms with Crippen LogP contribution in [0.15, 0.2) is 12.1 Å². The van der Waals surface area contributed by atoms with Crippen LogP contribution >= 0.6 is 11.6 Å². The Labute approximate surface area is 138 Å². The zero-order valence-electron chi connectivity index (χ0n) is 13.6. The minimum Gasteiger partial charge on any atom is -0.490 e. The lowest BCUT2D eigenvalue weighted by Gasteiger charge is -2.15. The van der Waals surface area contributed by atoms with Gasteiger partial charge in [0.2, 0.25) is 0 Å². The molecule has 0 unspecified atom stereocenters. The van der Waals surface area contributed by atoms with Gasteiger partial charge in [-0.1, -0.05) is 11.6 Å². The maximum atomic E-state index is 9.14. The topological polar surface area (TPSA) is 62.8 Å². The van der Waals surface area contributed by atoms with Crippen LogP contribution in [-0.4, -0.2) is 44.1 Å². The van der Waals surface area contributed by atoms with Gasteiger partial charge in [0.05, 0.1) is 24.3 Å². The van der Waals surface area contributed by atoms with Gasteiger partial charge in [0.25, 0.3) is 0 Å². The van der Waals surface area contributed by atoms with E-state index in [9.17, 15) is 0 Å². The number of hydrogen-bond acceptors (Lipinski definition) is 5. The number of benzene rings is 1. The zero-order valence-corrected chi connectivity index (χ0v) is 14.4. The van der Waals surface area contributed by atoms with Crippen LogP contribution in [0.1, 0.15) is 26.3 Å². The standard InChI is InChI=1S/C16H27ClN2O3/c1-4-21-15-9-13(8-14(17)16(15)22-5-2)11-19-7-6-18-10-12(3)20/h8-9,12,18-20H,4-7,10-11H2,1-3H3/t12-/m1/s1. The van der Waals surface area contributed by atoms with E-state index in [4.69, 9.17) is 26.2 Å². The first-order valence-corrected chi connectivity index (χ1v) is 8.13. The highest BCUT2D eigenvalue weighted by Crippen LogP contribution is 2.36. The summed E-state index contributed by atoms with van der Waals surface area (Å²) in [6.45, 7) is 9.63. The molecule has 0 saturated carbocycles. The number of rotatable bonds is 11. The van der Waals surface area contributed by atoms with Gasteiger partial charge >= 0.3 is 0 Å². The summed E-state index contributed by atoms with van der Waals surface area (Å²) in [4.78, 5) is 0. The van der Waals surface area contributed by atoms with Gasteiger partial charge in [-0.05, 0) is 38.5 Å². The third kappa shape index (κ3) is 6.83. The van der Waals surface area contributed by atoms with Gasteiger partial charge in [0.1, 0.15) is 0 Å². The minimum atomic E-state index is -0.321. The average Bonchev–Trinajstić information content (AvgIpc) is 2.46. The van der Waals surface area contributed by atoms with Crippen molar-refractivity contribution in [2.24, 2.45) is 0 Å². The molecule has 3 N–H and O–H groups in total. The van der Waals surface area contributed by atoms with Crippen LogP contribution in [0.25, 0.3) is 0 Å². The van der Waals surface area contributed by atoms with E-state index in [0.29, 0.717) is 42.8 Å². The van der Waals surface area contributed by atoms with Crippen molar-refractivity contribution in [2.75, 3.05) is 32.8 Å². The molecule has 5 nitrogen and oxygen atoms in total. The highest BCUT2D eigenvalue weighted by molar-refractivity contribution is 6.32. The molecule has 22 heavy (non-hydrogen) atoms. The van der Waals surface area contributed by atoms with Crippen LogP contribution in [0.3, 0.4) is 0 Å². The fraction of sp³-hybridized carbons (Fsp3) is 0.625. The van der Waals surface area contributed by atoms with Crippen LogP contribution in [0.4, 0.5) is 0 Å². The molecule has 1 aromatic rings. The second-order valence-electron chi connectivity index (χ2n) is 5.00. The molecule has 0 radical (unpaired) electrons. The molecule has 0 aliphatic heterocycles. The third-order valence-electron chi connectivity index (χ3n) is 2.91. The zero-order chi connectivity index (χ0) is 16.4. The van der Waals surface area contributed by atoms with Crippen molar-refractivity contribution in [1.82, 2.24) is 10.6 Å². The van der Waals surface area contributed by atoms with Crippen molar-refractivity contribution in [3.05, 3.63) is 22.7 Å². The summed E-state index contributed by atoms with van der Waals surface area (Å²) in [5.74, 6) is 1.29. The minimum absolute atomic E-state index is 0.321. The Hall–Kier alpha value is -1.01. The largest absolute Gasteiger partial charge is 0.490 e. The van der Waals surface area contributed by atoms with Crippen molar-refractivity contribution in [2.45, 2.75) is 33.4 Å². The fourth-order valence-corrected chi connectivity index (χ4v) is 2.28. The maximum absolute atomic E-state index is 9.14. The quantitative estimate of drug-likeness (QED) is 0.543. The molecule has 0 aliphatic carbocycles. The Morgan fingerprint density at radius 1 is 1.14 bits per heavy atom. The molecule has 0 amide bonds. The molecule has 0 aromatic heterocycles. The molecule has 0 aliphatic rings. The van der Waals surface area contributed by atoms with Gasteiger partial charge < -0.3 is 25.2 Å². The van der Waals surface area contributed by atoms with E-state index in [2.05, 4.69) is 10.6 Å². The summed E-state index contributed by atoms with van der Waals surface area (Å²) in [6.07, 6.45) is -0.321. The van der Waals surface area contributed by atoms with Crippen molar-refractivity contribution >= 4 is 11.6 Å². The van der Waals surface area contributed by atoms with Gasteiger partial charge in [-0.25, -0.2) is 0 Å². The molecule has 0 spiro atoms. The van der Waals surface area contributed by atoms with Crippen LogP contribution in [0.2, 0.25) is 5.02 Å². The van der Waals surface area contributed by atoms with Crippen LogP contribution in [0.5, 0.6) is 11.5 Å². The Bertz CT molecular complexity index is 442. The molecule has 0 saturated heterocycles. The molecule has 0 bridgehead atoms. The summed E-state index contributed by atoms with van der Waals surface area (Å²) < 4.78 is 11.1. The lowest BCUT2D eigenvalue weighted by atomic mass is 10.2. The van der Waals surface area contributed by atoms with Gasteiger partial charge in [-0.3, -0.25) is 0 Å². The highest BCUT2D eigenvalue weighted by Gasteiger charge is 2.12. The van der Waals surface area contributed by atoms with E-state index in [1.807, 2.05) is 26.0 Å². The first-order chi connectivity index (χ1) is 10.6. The predicted octanol–water partition coefficient (Wildman–Crippen LogP) is 2.20. The second kappa shape index (κ2) is 10.7. The monoisotopic (exact) mass is 330 g/mol. The van der Waals surface area contributed by atoms with E-state index in [1.165, 1.54) is 0 Å². The number of ether oxygens (including phenoxy) is 2. The second-order valence-corrected chi connectivity index (χ2v) is 5.41. The molecule has 1 aromatic carbocycles. The average molecular weight is 331 g/mol. The van der Waals surface area contributed by atoms with E-state index in [0.717, 1.165) is 18.7 Å². The van der Waals surface area contributed by atoms with E-state index >= 15 is 0 Å². The van der Waals surface area contributed by atoms with Gasteiger partial charge in [-0.2, -0.15) is 0 Å². The summed E-state index contributed by atoms with van der Waals surface area (Å²) in [5, 5.41) is 16.2. The fourth-order valence-electron chi connectivity index (χ4n) is 1.99. The normalized spacial score (nSPS) is 12.2. The summed E-state index contributed by atoms with van der Waals surface area (Å²) >= 11 is 6.27. The van der Waals surface area contributed by atoms with E-state index in [-0.39, 0.29) is 6.10 Å². The number of halogens is 1. The van der Waals surface area contributed by atoms with Crippen LogP contribution < -0.4 is 20.1 Å². The van der Waals surface area contributed by atoms with Gasteiger partial charge in [0.15, 0.2) is 11.5 Å². The maximum Gasteiger partial charge on any atom is 0.179 e. The summed E-state index contributed by atoms with van der Waals surface area (Å²) in [7, 11) is 0. The first-order valence-electron chi connectivity index (χ1n) is 7.76. The molecule has 6 heteroatoms. The molecule has 0 heterocycles. The van der Waals surface area contributed by atoms with Crippen LogP contribution in [-0.2, 0) is 6.54 Å². The predicted molar refractivity (Wildman–Crippen MR) is 90.0 cm³/mol. The SMILES string of the molecule is CCOc1cc(CNCCNC[C@@H](C)O)cc(Cl)c1OCC. The lowest BCUT2D eigenvalue weighted by Crippen LogP contribution is -2.31. The van der Waals surface area contributed by atoms with Gasteiger partial charge in [-0.15, -0.1) is 0 Å². The lowest BCUT2D eigenvalue weighted by molar-refractivity contribution is 0.191. The summed E-state index contributed by atoms with van der Waals surface area (Å²) in [6, 6.07) is 3.85. The molecule has 0 fully saturated rings. The number of nitrogens with one attached hydrogen (secondary N) is 2. The molecular formula is C16H27ClN2O3. The van der Waals surface area contributed by atoms with Crippen molar-refractivity contribution in [1.29, 1.82) is 0 Å². The van der Waals surface area contributed by atoms with Crippen molar-refractivity contribution < 1.29 is 14.6 Å². The highest BCUT2D eigenvalue weighted by atomic mass is 35.5. The Balaban J connectivity index is 2.53. The Kier molecular flexibility index (Phi) is 9.24. The number of aliphatic hydroxyl groups excluding tert-OH is 1. The summed E-state index contributed by atoms with van der Waals surface area (Å²) in [5.41, 5.74) is 1.05. The molecule has 1 rings (SSSR count). The van der Waals surface area contributed by atoms with E-state index in [1.54, 1.807) is 6.92 Å². The smallest absolute Gasteiger partial charge is 0.179 e.